The van der Waals surface area contributed by atoms with Gasteiger partial charge in [0.15, 0.2) is 0 Å². The molecule has 0 aliphatic heterocycles. The molecule has 0 saturated heterocycles. The summed E-state index contributed by atoms with van der Waals surface area (Å²) in [4.78, 5) is 0. The Bertz CT molecular complexity index is 185. The number of nitrogens with two attached hydrogens (primary N) is 1. The van der Waals surface area contributed by atoms with Gasteiger partial charge in [-0.25, -0.2) is 0 Å². The van der Waals surface area contributed by atoms with E-state index >= 15 is 0 Å². The van der Waals surface area contributed by atoms with Crippen LogP contribution in [-0.4, -0.2) is 6.04 Å². The molecule has 0 aromatic carbocycles. The summed E-state index contributed by atoms with van der Waals surface area (Å²) in [5.41, 5.74) is 3.56. The van der Waals surface area contributed by atoms with E-state index in [2.05, 4.69) is 19.3 Å². The Morgan fingerprint density at radius 3 is 2.29 bits per heavy atom. The Balaban J connectivity index is 2.26. The molecule has 2 nitrogen and oxygen atoms in total. The molecule has 0 heterocycles. The fourth-order valence-corrected chi connectivity index (χ4v) is 3.29. The second-order valence-electron chi connectivity index (χ2n) is 6.14. The minimum Gasteiger partial charge on any atom is -0.271 e. The maximum Gasteiger partial charge on any atom is 0.0264 e. The molecule has 2 heteroatoms. The van der Waals surface area contributed by atoms with Crippen LogP contribution in [0.25, 0.3) is 0 Å². The van der Waals surface area contributed by atoms with Crippen molar-refractivity contribution in [3.05, 3.63) is 0 Å². The number of hydrogen-bond acceptors (Lipinski definition) is 2. The zero-order chi connectivity index (χ0) is 12.6. The van der Waals surface area contributed by atoms with Crippen molar-refractivity contribution in [1.29, 1.82) is 0 Å². The highest BCUT2D eigenvalue weighted by Crippen LogP contribution is 2.40. The molecule has 1 fully saturated rings. The van der Waals surface area contributed by atoms with Gasteiger partial charge in [0.1, 0.15) is 0 Å². The first-order chi connectivity index (χ1) is 8.23. The minimum atomic E-state index is 0.456. The van der Waals surface area contributed by atoms with Crippen molar-refractivity contribution in [2.24, 2.45) is 11.3 Å². The van der Waals surface area contributed by atoms with E-state index < -0.39 is 0 Å². The third-order valence-electron chi connectivity index (χ3n) is 4.63. The fraction of sp³-hybridized carbons (Fsp3) is 1.00. The molecular formula is C15H32N2. The number of rotatable bonds is 8. The third kappa shape index (κ3) is 4.97. The summed E-state index contributed by atoms with van der Waals surface area (Å²) in [5.74, 6) is 5.78. The number of nitrogens with one attached hydrogen (secondary N) is 1. The average molecular weight is 240 g/mol. The molecule has 1 rings (SSSR count). The topological polar surface area (TPSA) is 38.0 Å². The summed E-state index contributed by atoms with van der Waals surface area (Å²) >= 11 is 0. The van der Waals surface area contributed by atoms with Crippen molar-refractivity contribution in [2.45, 2.75) is 90.5 Å². The lowest BCUT2D eigenvalue weighted by molar-refractivity contribution is 0.135. The predicted molar refractivity (Wildman–Crippen MR) is 75.7 cm³/mol. The van der Waals surface area contributed by atoms with Crippen LogP contribution in [0.5, 0.6) is 0 Å². The van der Waals surface area contributed by atoms with Crippen LogP contribution in [0, 0.1) is 5.41 Å². The van der Waals surface area contributed by atoms with Crippen LogP contribution in [0.2, 0.25) is 0 Å². The smallest absolute Gasteiger partial charge is 0.0264 e. The molecule has 0 aromatic heterocycles. The standard InChI is InChI=1S/C15H32N2/c1-3-4-5-6-8-11-14(17-16)15(2)12-9-7-10-13-15/h14,17H,3-13,16H2,1-2H3. The molecule has 0 bridgehead atoms. The lowest BCUT2D eigenvalue weighted by Crippen LogP contribution is -2.47. The number of unbranched alkanes of at least 4 members (excludes halogenated alkanes) is 4. The molecule has 0 spiro atoms. The first-order valence-electron chi connectivity index (χ1n) is 7.69. The van der Waals surface area contributed by atoms with Crippen molar-refractivity contribution in [3.63, 3.8) is 0 Å². The highest BCUT2D eigenvalue weighted by atomic mass is 15.2. The zero-order valence-electron chi connectivity index (χ0n) is 11.9. The lowest BCUT2D eigenvalue weighted by atomic mass is 9.69. The van der Waals surface area contributed by atoms with Crippen molar-refractivity contribution in [2.75, 3.05) is 0 Å². The lowest BCUT2D eigenvalue weighted by Gasteiger charge is -2.40. The van der Waals surface area contributed by atoms with Gasteiger partial charge in [0.25, 0.3) is 0 Å². The van der Waals surface area contributed by atoms with Crippen LogP contribution in [0.1, 0.15) is 84.5 Å². The quantitative estimate of drug-likeness (QED) is 0.380. The molecule has 0 amide bonds. The van der Waals surface area contributed by atoms with Gasteiger partial charge >= 0.3 is 0 Å². The number of hydrazine groups is 1. The van der Waals surface area contributed by atoms with Crippen molar-refractivity contribution < 1.29 is 0 Å². The van der Waals surface area contributed by atoms with Crippen LogP contribution >= 0.6 is 0 Å². The van der Waals surface area contributed by atoms with Crippen molar-refractivity contribution >= 4 is 0 Å². The van der Waals surface area contributed by atoms with E-state index in [9.17, 15) is 0 Å². The van der Waals surface area contributed by atoms with Crippen LogP contribution < -0.4 is 11.3 Å². The summed E-state index contributed by atoms with van der Waals surface area (Å²) in [6.07, 6.45) is 15.0. The van der Waals surface area contributed by atoms with Gasteiger partial charge in [-0.2, -0.15) is 0 Å². The van der Waals surface area contributed by atoms with Crippen LogP contribution in [0.15, 0.2) is 0 Å². The summed E-state index contributed by atoms with van der Waals surface area (Å²) in [5, 5.41) is 0. The molecule has 102 valence electrons. The Kier molecular flexibility index (Phi) is 7.14. The van der Waals surface area contributed by atoms with Gasteiger partial charge in [0.2, 0.25) is 0 Å². The highest BCUT2D eigenvalue weighted by Gasteiger charge is 2.34. The fourth-order valence-electron chi connectivity index (χ4n) is 3.29. The normalized spacial score (nSPS) is 21.4. The summed E-state index contributed by atoms with van der Waals surface area (Å²) < 4.78 is 0. The molecular weight excluding hydrogens is 208 g/mol. The van der Waals surface area contributed by atoms with Gasteiger partial charge in [0, 0.05) is 6.04 Å². The van der Waals surface area contributed by atoms with Crippen LogP contribution in [0.3, 0.4) is 0 Å². The van der Waals surface area contributed by atoms with E-state index in [1.54, 1.807) is 0 Å². The Labute approximate surface area is 108 Å². The largest absolute Gasteiger partial charge is 0.271 e. The molecule has 0 radical (unpaired) electrons. The van der Waals surface area contributed by atoms with E-state index in [0.717, 1.165) is 0 Å². The van der Waals surface area contributed by atoms with Gasteiger partial charge in [0.05, 0.1) is 0 Å². The van der Waals surface area contributed by atoms with Gasteiger partial charge in [-0.15, -0.1) is 0 Å². The van der Waals surface area contributed by atoms with Gasteiger partial charge in [-0.05, 0) is 24.7 Å². The molecule has 1 atom stereocenters. The molecule has 3 N–H and O–H groups in total. The summed E-state index contributed by atoms with van der Waals surface area (Å²) in [6.45, 7) is 4.70. The van der Waals surface area contributed by atoms with E-state index in [4.69, 9.17) is 5.84 Å². The molecule has 1 saturated carbocycles. The Hall–Kier alpha value is -0.0800. The van der Waals surface area contributed by atoms with Crippen LogP contribution in [0.4, 0.5) is 0 Å². The third-order valence-corrected chi connectivity index (χ3v) is 4.63. The highest BCUT2D eigenvalue weighted by molar-refractivity contribution is 4.88. The second-order valence-corrected chi connectivity index (χ2v) is 6.14. The molecule has 0 aromatic rings. The van der Waals surface area contributed by atoms with E-state index in [1.165, 1.54) is 70.6 Å². The Morgan fingerprint density at radius 2 is 1.71 bits per heavy atom. The minimum absolute atomic E-state index is 0.456. The Morgan fingerprint density at radius 1 is 1.06 bits per heavy atom. The van der Waals surface area contributed by atoms with Gasteiger partial charge in [-0.3, -0.25) is 11.3 Å². The molecule has 1 unspecified atom stereocenters. The second kappa shape index (κ2) is 8.10. The van der Waals surface area contributed by atoms with Crippen LogP contribution in [-0.2, 0) is 0 Å². The first kappa shape index (κ1) is 15.0. The van der Waals surface area contributed by atoms with Gasteiger partial charge in [-0.1, -0.05) is 65.2 Å². The molecule has 17 heavy (non-hydrogen) atoms. The SMILES string of the molecule is CCCCCCCC(NN)C1(C)CCCCC1. The predicted octanol–water partition coefficient (Wildman–Crippen LogP) is 4.15. The zero-order valence-corrected chi connectivity index (χ0v) is 11.9. The average Bonchev–Trinajstić information content (AvgIpc) is 2.34. The maximum atomic E-state index is 5.78. The molecule has 1 aliphatic carbocycles. The number of hydrogen-bond donors (Lipinski definition) is 2. The first-order valence-corrected chi connectivity index (χ1v) is 7.69. The summed E-state index contributed by atoms with van der Waals surface area (Å²) in [7, 11) is 0. The van der Waals surface area contributed by atoms with E-state index in [-0.39, 0.29) is 0 Å². The summed E-state index contributed by atoms with van der Waals surface area (Å²) in [6, 6.07) is 0.532. The van der Waals surface area contributed by atoms with E-state index in [1.807, 2.05) is 0 Å². The van der Waals surface area contributed by atoms with Crippen molar-refractivity contribution in [1.82, 2.24) is 5.43 Å². The van der Waals surface area contributed by atoms with Crippen molar-refractivity contribution in [3.8, 4) is 0 Å². The van der Waals surface area contributed by atoms with Gasteiger partial charge < -0.3 is 0 Å². The maximum absolute atomic E-state index is 5.78. The monoisotopic (exact) mass is 240 g/mol. The molecule has 1 aliphatic rings. The van der Waals surface area contributed by atoms with E-state index in [0.29, 0.717) is 11.5 Å².